The first-order valence-electron chi connectivity index (χ1n) is 12.0. The summed E-state index contributed by atoms with van der Waals surface area (Å²) in [5.41, 5.74) is 0.974. The van der Waals surface area contributed by atoms with Crippen molar-refractivity contribution in [2.24, 2.45) is 5.92 Å². The number of imidazole rings is 1. The van der Waals surface area contributed by atoms with Crippen LogP contribution in [0.2, 0.25) is 0 Å². The van der Waals surface area contributed by atoms with Crippen LogP contribution in [-0.4, -0.2) is 63.4 Å². The Kier molecular flexibility index (Phi) is 7.77. The second-order valence-corrected chi connectivity index (χ2v) is 10.9. The highest BCUT2D eigenvalue weighted by molar-refractivity contribution is 7.99. The fraction of sp³-hybridized carbons (Fsp3) is 0.520. The molecule has 3 heterocycles. The summed E-state index contributed by atoms with van der Waals surface area (Å²) in [6.45, 7) is 7.80. The summed E-state index contributed by atoms with van der Waals surface area (Å²) in [6.07, 6.45) is 4.26. The Morgan fingerprint density at radius 1 is 1.22 bits per heavy atom. The Bertz CT molecular complexity index is 1270. The highest BCUT2D eigenvalue weighted by atomic mass is 32.2. The minimum atomic E-state index is -0.481. The Hall–Kier alpha value is -3.21. The van der Waals surface area contributed by atoms with Crippen LogP contribution in [0.5, 0.6) is 11.5 Å². The first-order valence-corrected chi connectivity index (χ1v) is 12.9. The van der Waals surface area contributed by atoms with Gasteiger partial charge in [0, 0.05) is 19.6 Å². The van der Waals surface area contributed by atoms with Crippen molar-refractivity contribution in [2.45, 2.75) is 62.2 Å². The molecule has 1 aliphatic heterocycles. The van der Waals surface area contributed by atoms with E-state index < -0.39 is 5.60 Å². The number of aryl methyl sites for hydroxylation is 1. The lowest BCUT2D eigenvalue weighted by molar-refractivity contribution is 0.0180. The van der Waals surface area contributed by atoms with Gasteiger partial charge >= 0.3 is 6.09 Å². The van der Waals surface area contributed by atoms with Crippen LogP contribution in [0.3, 0.4) is 0 Å². The summed E-state index contributed by atoms with van der Waals surface area (Å²) >= 11 is 1.42. The van der Waals surface area contributed by atoms with E-state index in [9.17, 15) is 4.79 Å². The molecule has 0 unspecified atom stereocenters. The Labute approximate surface area is 214 Å². The number of aromatic amines is 1. The first kappa shape index (κ1) is 25.9. The minimum Gasteiger partial charge on any atom is -0.497 e. The summed E-state index contributed by atoms with van der Waals surface area (Å²) in [4.78, 5) is 27.3. The fourth-order valence-corrected chi connectivity index (χ4v) is 5.12. The molecule has 11 heteroatoms. The number of nitrogens with zero attached hydrogens (tertiary/aromatic N) is 4. The predicted octanol–water partition coefficient (Wildman–Crippen LogP) is 4.44. The number of carbonyl (C=O) groups excluding carboxylic acids is 1. The molecule has 1 aliphatic rings. The molecule has 0 atom stereocenters. The summed E-state index contributed by atoms with van der Waals surface area (Å²) in [7, 11) is 3.25. The number of hydrogen-bond acceptors (Lipinski definition) is 8. The van der Waals surface area contributed by atoms with E-state index in [2.05, 4.69) is 9.97 Å². The second-order valence-electron chi connectivity index (χ2n) is 9.85. The van der Waals surface area contributed by atoms with Gasteiger partial charge in [-0.25, -0.2) is 14.8 Å². The lowest BCUT2D eigenvalue weighted by atomic mass is 9.94. The van der Waals surface area contributed by atoms with Crippen LogP contribution in [0, 0.1) is 11.3 Å². The zero-order valence-electron chi connectivity index (χ0n) is 21.5. The van der Waals surface area contributed by atoms with Crippen molar-refractivity contribution in [2.75, 3.05) is 27.3 Å². The van der Waals surface area contributed by atoms with Crippen molar-refractivity contribution in [1.29, 1.82) is 5.41 Å². The molecule has 10 nitrogen and oxygen atoms in total. The molecule has 4 rings (SSSR count). The largest absolute Gasteiger partial charge is 0.497 e. The molecule has 36 heavy (non-hydrogen) atoms. The minimum absolute atomic E-state index is 0.156. The first-order chi connectivity index (χ1) is 17.2. The van der Waals surface area contributed by atoms with Gasteiger partial charge in [-0.2, -0.15) is 0 Å². The van der Waals surface area contributed by atoms with E-state index in [1.165, 1.54) is 11.8 Å². The van der Waals surface area contributed by atoms with E-state index >= 15 is 0 Å². The summed E-state index contributed by atoms with van der Waals surface area (Å²) < 4.78 is 18.3. The number of piperidine rings is 1. The number of carbonyl (C=O) groups is 1. The van der Waals surface area contributed by atoms with Crippen molar-refractivity contribution in [3.8, 4) is 11.5 Å². The number of likely N-dealkylation sites (tertiary alicyclic amines) is 1. The van der Waals surface area contributed by atoms with Crippen molar-refractivity contribution >= 4 is 29.0 Å². The number of fused-ring (bicyclic) bond motifs is 1. The number of H-pyrrole nitrogens is 1. The number of nitrogens with one attached hydrogen (secondary N) is 2. The van der Waals surface area contributed by atoms with E-state index in [0.29, 0.717) is 35.3 Å². The smallest absolute Gasteiger partial charge is 0.410 e. The van der Waals surface area contributed by atoms with Crippen molar-refractivity contribution in [3.05, 3.63) is 30.0 Å². The molecule has 1 aromatic carbocycles. The van der Waals surface area contributed by atoms with E-state index in [1.54, 1.807) is 25.4 Å². The van der Waals surface area contributed by atoms with Gasteiger partial charge in [-0.15, -0.1) is 0 Å². The molecule has 2 aromatic heterocycles. The van der Waals surface area contributed by atoms with Gasteiger partial charge in [0.25, 0.3) is 0 Å². The van der Waals surface area contributed by atoms with Crippen LogP contribution < -0.4 is 15.0 Å². The number of amides is 1. The fourth-order valence-electron chi connectivity index (χ4n) is 4.19. The number of ether oxygens (including phenoxy) is 3. The van der Waals surface area contributed by atoms with E-state index in [-0.39, 0.29) is 11.6 Å². The van der Waals surface area contributed by atoms with Gasteiger partial charge in [0.1, 0.15) is 22.6 Å². The highest BCUT2D eigenvalue weighted by Gasteiger charge is 2.27. The molecule has 0 saturated carbocycles. The quantitative estimate of drug-likeness (QED) is 0.478. The molecule has 1 fully saturated rings. The SMILES string of the molecule is COc1ccc(OC)c(Sc2nc3c([nH]2)c(=N)ncn3CCC2CCN(C(=O)OC(C)(C)C)CC2)c1. The lowest BCUT2D eigenvalue weighted by Gasteiger charge is -2.33. The van der Waals surface area contributed by atoms with Gasteiger partial charge in [0.15, 0.2) is 16.3 Å². The molecule has 2 N–H and O–H groups in total. The number of methoxy groups -OCH3 is 2. The van der Waals surface area contributed by atoms with Crippen LogP contribution >= 0.6 is 11.8 Å². The monoisotopic (exact) mass is 514 g/mol. The van der Waals surface area contributed by atoms with E-state index in [1.807, 2.05) is 43.5 Å². The van der Waals surface area contributed by atoms with E-state index in [0.717, 1.165) is 42.2 Å². The van der Waals surface area contributed by atoms with Gasteiger partial charge < -0.3 is 28.7 Å². The van der Waals surface area contributed by atoms with Gasteiger partial charge in [0.05, 0.1) is 25.4 Å². The molecule has 194 valence electrons. The summed E-state index contributed by atoms with van der Waals surface area (Å²) in [5, 5.41) is 8.90. The highest BCUT2D eigenvalue weighted by Crippen LogP contribution is 2.36. The maximum absolute atomic E-state index is 12.3. The van der Waals surface area contributed by atoms with Crippen LogP contribution in [0.4, 0.5) is 4.79 Å². The average molecular weight is 515 g/mol. The second kappa shape index (κ2) is 10.8. The molecule has 0 radical (unpaired) electrons. The van der Waals surface area contributed by atoms with Crippen LogP contribution in [-0.2, 0) is 11.3 Å². The van der Waals surface area contributed by atoms with Gasteiger partial charge in [-0.05, 0) is 75.9 Å². The number of benzene rings is 1. The maximum Gasteiger partial charge on any atom is 0.410 e. The number of hydrogen-bond donors (Lipinski definition) is 2. The third-order valence-corrected chi connectivity index (χ3v) is 7.05. The Balaban J connectivity index is 1.43. The molecule has 1 saturated heterocycles. The molecule has 0 spiro atoms. The van der Waals surface area contributed by atoms with Gasteiger partial charge in [0.2, 0.25) is 0 Å². The van der Waals surface area contributed by atoms with Gasteiger partial charge in [-0.3, -0.25) is 5.41 Å². The third-order valence-electron chi connectivity index (χ3n) is 6.12. The number of aromatic nitrogens is 4. The van der Waals surface area contributed by atoms with Crippen molar-refractivity contribution in [1.82, 2.24) is 24.4 Å². The van der Waals surface area contributed by atoms with Gasteiger partial charge in [-0.1, -0.05) is 0 Å². The maximum atomic E-state index is 12.3. The standard InChI is InChI=1S/C25H34N6O4S/c1-25(2,3)35-24(32)30-11-8-16(9-12-30)10-13-31-15-27-21(26)20-22(31)29-23(28-20)36-19-14-17(33-4)6-7-18(19)34-5/h6-7,14-16,26H,8-13H2,1-5H3,(H,28,29). The molecule has 3 aromatic rings. The zero-order valence-corrected chi connectivity index (χ0v) is 22.3. The number of rotatable bonds is 7. The lowest BCUT2D eigenvalue weighted by Crippen LogP contribution is -2.41. The summed E-state index contributed by atoms with van der Waals surface area (Å²) in [6, 6.07) is 5.60. The molecule has 0 aliphatic carbocycles. The Morgan fingerprint density at radius 3 is 2.64 bits per heavy atom. The average Bonchev–Trinajstić information content (AvgIpc) is 3.27. The Morgan fingerprint density at radius 2 is 1.97 bits per heavy atom. The topological polar surface area (TPSA) is 118 Å². The normalized spacial score (nSPS) is 14.8. The van der Waals surface area contributed by atoms with E-state index in [4.69, 9.17) is 24.6 Å². The van der Waals surface area contributed by atoms with Crippen LogP contribution in [0.1, 0.15) is 40.0 Å². The summed E-state index contributed by atoms with van der Waals surface area (Å²) in [5.74, 6) is 1.94. The predicted molar refractivity (Wildman–Crippen MR) is 137 cm³/mol. The molecular weight excluding hydrogens is 480 g/mol. The van der Waals surface area contributed by atoms with Crippen LogP contribution in [0.25, 0.3) is 11.2 Å². The molecule has 1 amide bonds. The molecule has 0 bridgehead atoms. The third kappa shape index (κ3) is 6.13. The van der Waals surface area contributed by atoms with Crippen molar-refractivity contribution < 1.29 is 19.0 Å². The van der Waals surface area contributed by atoms with Crippen molar-refractivity contribution in [3.63, 3.8) is 0 Å². The van der Waals surface area contributed by atoms with Crippen LogP contribution in [0.15, 0.2) is 34.6 Å². The molecular formula is C25H34N6O4S. The zero-order chi connectivity index (χ0) is 25.9.